The number of aryl methyl sites for hydroxylation is 6. The standard InChI is InChI=1S/2C27H25BS2Si/c2*1-16-14-17(2)23(18(3)15-16)28-24-19-10-6-8-12-21(19)29-26(24)31(4,5)27-25(28)20-11-7-9-13-22(20)30-27/h2*6-15H,1-5H3. The van der Waals surface area contributed by atoms with Crippen LogP contribution in [-0.4, -0.2) is 29.6 Å². The first-order valence-corrected chi connectivity index (χ1v) is 31.2. The van der Waals surface area contributed by atoms with Crippen LogP contribution >= 0.6 is 45.3 Å². The van der Waals surface area contributed by atoms with Gasteiger partial charge in [0.15, 0.2) is 0 Å². The second-order valence-electron chi connectivity index (χ2n) is 19.1. The van der Waals surface area contributed by atoms with E-state index < -0.39 is 16.1 Å². The average molecular weight is 905 g/mol. The molecule has 0 saturated heterocycles. The summed E-state index contributed by atoms with van der Waals surface area (Å²) >= 11 is 8.25. The van der Waals surface area contributed by atoms with E-state index in [9.17, 15) is 0 Å². The lowest BCUT2D eigenvalue weighted by Crippen LogP contribution is -2.74. The number of thiophene rings is 4. The van der Waals surface area contributed by atoms with Gasteiger partial charge in [0, 0.05) is 18.8 Å². The van der Waals surface area contributed by atoms with E-state index in [0.717, 1.165) is 0 Å². The van der Waals surface area contributed by atoms with E-state index in [1.165, 1.54) is 84.7 Å². The fourth-order valence-corrected chi connectivity index (χ4v) is 26.8. The summed E-state index contributed by atoms with van der Waals surface area (Å²) in [6, 6.07) is 45.9. The number of fused-ring (bicyclic) bond motifs is 12. The van der Waals surface area contributed by atoms with E-state index in [2.05, 4.69) is 234 Å². The Bertz CT molecular complexity index is 3030. The zero-order chi connectivity index (χ0) is 43.0. The van der Waals surface area contributed by atoms with Crippen LogP contribution in [0, 0.1) is 41.5 Å². The molecule has 6 aromatic carbocycles. The Kier molecular flexibility index (Phi) is 9.56. The minimum atomic E-state index is -1.78. The van der Waals surface area contributed by atoms with Crippen LogP contribution in [0.5, 0.6) is 0 Å². The summed E-state index contributed by atoms with van der Waals surface area (Å²) in [6.45, 7) is 24.6. The summed E-state index contributed by atoms with van der Waals surface area (Å²) in [4.78, 5) is 0. The van der Waals surface area contributed by atoms with Crippen molar-refractivity contribution in [3.8, 4) is 0 Å². The zero-order valence-electron chi connectivity index (χ0n) is 37.3. The maximum Gasteiger partial charge on any atom is 0.245 e. The SMILES string of the molecule is Cc1cc(C)c(B2c3c(sc4ccccc34)[Si](C)(C)c3sc4ccccc4c32)c(C)c1.Cc1cc(C)c(B2c3c(sc4ccccc34)[Si](C)(C)c3sc4ccccc4c32)c(C)c1. The second-order valence-corrected chi connectivity index (χ2v) is 33.3. The lowest BCUT2D eigenvalue weighted by Gasteiger charge is -2.34. The molecule has 6 heterocycles. The normalized spacial score (nSPS) is 14.8. The summed E-state index contributed by atoms with van der Waals surface area (Å²) < 4.78 is 12.5. The third-order valence-electron chi connectivity index (χ3n) is 14.0. The molecule has 0 fully saturated rings. The molecule has 62 heavy (non-hydrogen) atoms. The molecule has 0 radical (unpaired) electrons. The van der Waals surface area contributed by atoms with E-state index in [-0.39, 0.29) is 0 Å². The Labute approximate surface area is 385 Å². The van der Waals surface area contributed by atoms with E-state index in [1.54, 1.807) is 39.9 Å². The number of hydrogen-bond acceptors (Lipinski definition) is 4. The molecule has 2 aliphatic rings. The van der Waals surface area contributed by atoms with Crippen LogP contribution in [0.3, 0.4) is 0 Å². The van der Waals surface area contributed by atoms with E-state index in [4.69, 9.17) is 0 Å². The molecule has 0 saturated carbocycles. The van der Waals surface area contributed by atoms with Gasteiger partial charge in [0.25, 0.3) is 0 Å². The maximum atomic E-state index is 2.57. The molecule has 4 aromatic heterocycles. The first-order chi connectivity index (χ1) is 29.8. The first kappa shape index (κ1) is 40.5. The van der Waals surface area contributed by atoms with E-state index >= 15 is 0 Å². The molecular weight excluding hydrogens is 855 g/mol. The van der Waals surface area contributed by atoms with Crippen molar-refractivity contribution < 1.29 is 0 Å². The minimum Gasteiger partial charge on any atom is -0.145 e. The van der Waals surface area contributed by atoms with Crippen molar-refractivity contribution in [2.45, 2.75) is 67.7 Å². The molecule has 0 aliphatic carbocycles. The highest BCUT2D eigenvalue weighted by Gasteiger charge is 2.48. The van der Waals surface area contributed by atoms with Crippen LogP contribution in [0.2, 0.25) is 26.2 Å². The highest BCUT2D eigenvalue weighted by molar-refractivity contribution is 7.47. The van der Waals surface area contributed by atoms with Crippen molar-refractivity contribution in [1.29, 1.82) is 0 Å². The van der Waals surface area contributed by atoms with Crippen LogP contribution in [-0.2, 0) is 0 Å². The number of hydrogen-bond donors (Lipinski definition) is 0. The van der Waals surface area contributed by atoms with Gasteiger partial charge in [-0.15, -0.1) is 45.3 Å². The Balaban J connectivity index is 0.000000139. The molecule has 0 bridgehead atoms. The Morgan fingerprint density at radius 3 is 0.790 bits per heavy atom. The fraction of sp³-hybridized carbons (Fsp3) is 0.185. The van der Waals surface area contributed by atoms with Crippen molar-refractivity contribution >= 4 is 166 Å². The summed E-state index contributed by atoms with van der Waals surface area (Å²) in [6.07, 6.45) is 0. The third-order valence-corrected chi connectivity index (χ3v) is 31.0. The highest BCUT2D eigenvalue weighted by atomic mass is 32.1. The second kappa shape index (κ2) is 14.6. The molecule has 0 nitrogen and oxygen atoms in total. The summed E-state index contributed by atoms with van der Waals surface area (Å²) in [5.41, 5.74) is 17.8. The molecule has 10 aromatic rings. The van der Waals surface area contributed by atoms with E-state index in [1.807, 2.05) is 0 Å². The lowest BCUT2D eigenvalue weighted by molar-refractivity contribution is 1.35. The summed E-state index contributed by atoms with van der Waals surface area (Å²) in [5.74, 6) is 0. The van der Waals surface area contributed by atoms with Crippen LogP contribution in [0.15, 0.2) is 121 Å². The molecule has 304 valence electrons. The highest BCUT2D eigenvalue weighted by Crippen LogP contribution is 2.31. The number of benzene rings is 6. The van der Waals surface area contributed by atoms with Crippen molar-refractivity contribution in [2.75, 3.05) is 0 Å². The number of rotatable bonds is 2. The fourth-order valence-electron chi connectivity index (χ4n) is 11.6. The van der Waals surface area contributed by atoms with Gasteiger partial charge in [0.2, 0.25) is 13.4 Å². The molecule has 2 aliphatic heterocycles. The molecule has 12 rings (SSSR count). The topological polar surface area (TPSA) is 0 Å². The van der Waals surface area contributed by atoms with Gasteiger partial charge in [0.05, 0.1) is 0 Å². The first-order valence-electron chi connectivity index (χ1n) is 22.0. The molecule has 0 N–H and O–H groups in total. The Morgan fingerprint density at radius 2 is 0.548 bits per heavy atom. The molecule has 0 spiro atoms. The van der Waals surface area contributed by atoms with Crippen molar-refractivity contribution in [3.63, 3.8) is 0 Å². The lowest BCUT2D eigenvalue weighted by atomic mass is 9.35. The predicted octanol–water partition coefficient (Wildman–Crippen LogP) is 9.39. The van der Waals surface area contributed by atoms with Crippen molar-refractivity contribution in [3.05, 3.63) is 155 Å². The third kappa shape index (κ3) is 5.93. The molecule has 0 atom stereocenters. The Hall–Kier alpha value is -4.28. The van der Waals surface area contributed by atoms with Crippen molar-refractivity contribution in [2.24, 2.45) is 0 Å². The van der Waals surface area contributed by atoms with Gasteiger partial charge in [-0.2, -0.15) is 0 Å². The van der Waals surface area contributed by atoms with Gasteiger partial charge in [-0.1, -0.05) is 189 Å². The average Bonchev–Trinajstić information content (AvgIpc) is 4.02. The van der Waals surface area contributed by atoms with Crippen LogP contribution < -0.4 is 50.8 Å². The van der Waals surface area contributed by atoms with E-state index in [0.29, 0.717) is 13.4 Å². The van der Waals surface area contributed by atoms with Gasteiger partial charge < -0.3 is 0 Å². The quantitative estimate of drug-likeness (QED) is 0.152. The smallest absolute Gasteiger partial charge is 0.145 e. The Morgan fingerprint density at radius 1 is 0.323 bits per heavy atom. The van der Waals surface area contributed by atoms with Crippen LogP contribution in [0.4, 0.5) is 0 Å². The van der Waals surface area contributed by atoms with Crippen LogP contribution in [0.25, 0.3) is 40.3 Å². The van der Waals surface area contributed by atoms with Gasteiger partial charge in [-0.05, 0) is 105 Å². The zero-order valence-corrected chi connectivity index (χ0v) is 42.6. The van der Waals surface area contributed by atoms with Gasteiger partial charge in [0.1, 0.15) is 16.1 Å². The monoisotopic (exact) mass is 904 g/mol. The van der Waals surface area contributed by atoms with Gasteiger partial charge in [-0.25, -0.2) is 0 Å². The van der Waals surface area contributed by atoms with Crippen LogP contribution in [0.1, 0.15) is 33.4 Å². The van der Waals surface area contributed by atoms with Crippen molar-refractivity contribution in [1.82, 2.24) is 0 Å². The minimum absolute atomic E-state index is 0.318. The summed E-state index contributed by atoms with van der Waals surface area (Å²) in [5, 5.41) is 5.86. The maximum absolute atomic E-state index is 2.57. The largest absolute Gasteiger partial charge is 0.245 e. The summed E-state index contributed by atoms with van der Waals surface area (Å²) in [7, 11) is -3.56. The molecule has 0 amide bonds. The predicted molar refractivity (Wildman–Crippen MR) is 291 cm³/mol. The van der Waals surface area contributed by atoms with Gasteiger partial charge in [-0.3, -0.25) is 0 Å². The molecule has 8 heteroatoms. The van der Waals surface area contributed by atoms with Gasteiger partial charge >= 0.3 is 0 Å². The molecule has 0 unspecified atom stereocenters. The molecular formula is C54H50B2S4Si2.